The van der Waals surface area contributed by atoms with Crippen molar-refractivity contribution in [3.63, 3.8) is 0 Å². The van der Waals surface area contributed by atoms with Gasteiger partial charge in [-0.15, -0.1) is 0 Å². The van der Waals surface area contributed by atoms with Crippen LogP contribution in [0.25, 0.3) is 0 Å². The Morgan fingerprint density at radius 2 is 1.83 bits per heavy atom. The standard InChI is InChI=1S/C18H21BN2O2/c22-17(23)16-15-10-3-1-9(2-4-10)14(15)13(8-20-16)21-18-6-11-5-12(7-18)19(11)18/h8-12,21H,1-7H2,(H,22,23). The summed E-state index contributed by atoms with van der Waals surface area (Å²) in [5.41, 5.74) is 4.22. The molecule has 7 rings (SSSR count). The van der Waals surface area contributed by atoms with Crippen molar-refractivity contribution in [2.24, 2.45) is 0 Å². The van der Waals surface area contributed by atoms with Crippen LogP contribution in [-0.4, -0.2) is 28.2 Å². The van der Waals surface area contributed by atoms with Crippen molar-refractivity contribution in [2.45, 2.75) is 73.9 Å². The van der Waals surface area contributed by atoms with Crippen molar-refractivity contribution in [3.05, 3.63) is 23.0 Å². The van der Waals surface area contributed by atoms with Gasteiger partial charge in [-0.2, -0.15) is 0 Å². The molecule has 3 aliphatic heterocycles. The number of pyridine rings is 1. The minimum Gasteiger partial charge on any atom is -0.477 e. The minimum atomic E-state index is -0.857. The zero-order valence-corrected chi connectivity index (χ0v) is 13.2. The number of carboxylic acids is 1. The van der Waals surface area contributed by atoms with Gasteiger partial charge >= 0.3 is 5.97 Å². The number of carboxylic acid groups (broad SMARTS) is 1. The van der Waals surface area contributed by atoms with Gasteiger partial charge in [0.2, 0.25) is 0 Å². The highest BCUT2D eigenvalue weighted by atomic mass is 16.4. The van der Waals surface area contributed by atoms with E-state index in [4.69, 9.17) is 0 Å². The highest BCUT2D eigenvalue weighted by molar-refractivity contribution is 6.76. The van der Waals surface area contributed by atoms with Gasteiger partial charge in [-0.05, 0) is 61.5 Å². The molecular formula is C18H21BN2O2. The fourth-order valence-electron chi connectivity index (χ4n) is 6.95. The lowest BCUT2D eigenvalue weighted by molar-refractivity contribution is 0.0687. The summed E-state index contributed by atoms with van der Waals surface area (Å²) in [6, 6.07) is 0. The average Bonchev–Trinajstić information content (AvgIpc) is 2.55. The molecule has 3 aliphatic carbocycles. The van der Waals surface area contributed by atoms with Crippen molar-refractivity contribution >= 4 is 18.4 Å². The lowest BCUT2D eigenvalue weighted by Crippen LogP contribution is -2.80. The maximum Gasteiger partial charge on any atom is 0.354 e. The monoisotopic (exact) mass is 308 g/mol. The molecule has 2 atom stereocenters. The summed E-state index contributed by atoms with van der Waals surface area (Å²) in [4.78, 5) is 16.0. The number of hydrogen-bond acceptors (Lipinski definition) is 3. The van der Waals surface area contributed by atoms with E-state index in [0.29, 0.717) is 23.0 Å². The molecule has 5 heteroatoms. The Labute approximate surface area is 136 Å². The van der Waals surface area contributed by atoms with E-state index >= 15 is 0 Å². The predicted molar refractivity (Wildman–Crippen MR) is 88.6 cm³/mol. The van der Waals surface area contributed by atoms with Gasteiger partial charge in [-0.1, -0.05) is 18.1 Å². The Morgan fingerprint density at radius 3 is 2.39 bits per heavy atom. The number of anilines is 1. The number of aromatic nitrogens is 1. The maximum absolute atomic E-state index is 11.6. The molecule has 4 heterocycles. The third-order valence-corrected chi connectivity index (χ3v) is 7.80. The summed E-state index contributed by atoms with van der Waals surface area (Å²) in [6.45, 7) is 0.901. The highest BCUT2D eigenvalue weighted by Gasteiger charge is 2.74. The van der Waals surface area contributed by atoms with Gasteiger partial charge in [-0.25, -0.2) is 9.78 Å². The molecule has 0 radical (unpaired) electrons. The Kier molecular flexibility index (Phi) is 2.20. The summed E-state index contributed by atoms with van der Waals surface area (Å²) in [5, 5.41) is 13.4. The number of carbonyl (C=O) groups is 1. The van der Waals surface area contributed by atoms with E-state index in [1.54, 1.807) is 0 Å². The molecular weight excluding hydrogens is 287 g/mol. The van der Waals surface area contributed by atoms with Gasteiger partial charge in [0.1, 0.15) is 0 Å². The van der Waals surface area contributed by atoms with E-state index in [0.717, 1.165) is 36.8 Å². The third kappa shape index (κ3) is 1.41. The molecule has 0 spiro atoms. The third-order valence-electron chi connectivity index (χ3n) is 7.80. The molecule has 118 valence electrons. The van der Waals surface area contributed by atoms with Gasteiger partial charge < -0.3 is 10.4 Å². The first-order valence-corrected chi connectivity index (χ1v) is 9.20. The van der Waals surface area contributed by atoms with Gasteiger partial charge in [0.05, 0.1) is 11.9 Å². The number of nitrogens with one attached hydrogen (secondary N) is 1. The van der Waals surface area contributed by atoms with Crippen LogP contribution in [0.3, 0.4) is 0 Å². The lowest BCUT2D eigenvalue weighted by atomic mass is 8.98. The first-order chi connectivity index (χ1) is 11.2. The quantitative estimate of drug-likeness (QED) is 0.836. The van der Waals surface area contributed by atoms with Crippen LogP contribution in [0.4, 0.5) is 5.69 Å². The lowest BCUT2D eigenvalue weighted by Gasteiger charge is -2.74. The zero-order valence-electron chi connectivity index (χ0n) is 13.2. The first kappa shape index (κ1) is 12.9. The molecule has 1 aromatic rings. The molecule has 3 saturated heterocycles. The van der Waals surface area contributed by atoms with Crippen molar-refractivity contribution in [3.8, 4) is 0 Å². The summed E-state index contributed by atoms with van der Waals surface area (Å²) in [5.74, 6) is 2.05. The minimum absolute atomic E-state index is 0.319. The fourth-order valence-corrected chi connectivity index (χ4v) is 6.95. The predicted octanol–water partition coefficient (Wildman–Crippen LogP) is 3.67. The molecule has 6 aliphatic rings. The van der Waals surface area contributed by atoms with E-state index in [2.05, 4.69) is 10.3 Å². The summed E-state index contributed by atoms with van der Waals surface area (Å²) in [6.07, 6.45) is 10.6. The molecule has 1 saturated carbocycles. The average molecular weight is 308 g/mol. The van der Waals surface area contributed by atoms with Crippen LogP contribution in [-0.2, 0) is 0 Å². The topological polar surface area (TPSA) is 62.2 Å². The molecule has 2 N–H and O–H groups in total. The van der Waals surface area contributed by atoms with Crippen molar-refractivity contribution in [1.29, 1.82) is 0 Å². The van der Waals surface area contributed by atoms with Crippen molar-refractivity contribution < 1.29 is 9.90 Å². The second-order valence-corrected chi connectivity index (χ2v) is 8.67. The van der Waals surface area contributed by atoms with E-state index in [1.165, 1.54) is 43.4 Å². The largest absolute Gasteiger partial charge is 0.477 e. The Morgan fingerprint density at radius 1 is 1.17 bits per heavy atom. The molecule has 2 unspecified atom stereocenters. The smallest absolute Gasteiger partial charge is 0.354 e. The van der Waals surface area contributed by atoms with Crippen molar-refractivity contribution in [2.75, 3.05) is 5.32 Å². The number of rotatable bonds is 3. The number of nitrogens with zero attached hydrogens (tertiary/aromatic N) is 1. The molecule has 0 aromatic carbocycles. The Hall–Kier alpha value is -1.52. The molecule has 0 amide bonds. The Bertz CT molecular complexity index is 729. The van der Waals surface area contributed by atoms with Crippen LogP contribution >= 0.6 is 0 Å². The molecule has 4 nitrogen and oxygen atoms in total. The van der Waals surface area contributed by atoms with Crippen LogP contribution in [0.2, 0.25) is 11.6 Å². The number of hydrogen-bond donors (Lipinski definition) is 2. The van der Waals surface area contributed by atoms with Crippen LogP contribution in [0.5, 0.6) is 0 Å². The normalized spacial score (nSPS) is 41.1. The van der Waals surface area contributed by atoms with Crippen LogP contribution in [0.15, 0.2) is 6.20 Å². The van der Waals surface area contributed by atoms with E-state index in [-0.39, 0.29) is 0 Å². The number of fused-ring (bicyclic) bond motifs is 2. The molecule has 23 heavy (non-hydrogen) atoms. The van der Waals surface area contributed by atoms with Gasteiger partial charge in [0.25, 0.3) is 0 Å². The second-order valence-electron chi connectivity index (χ2n) is 8.67. The van der Waals surface area contributed by atoms with Gasteiger partial charge in [0, 0.05) is 5.44 Å². The number of aromatic carboxylic acids is 1. The van der Waals surface area contributed by atoms with Gasteiger partial charge in [-0.3, -0.25) is 0 Å². The SMILES string of the molecule is O=C(O)c1ncc(NC23CC4CC(C2)B43)c2c1C1CCC2CC1. The summed E-state index contributed by atoms with van der Waals surface area (Å²) in [7, 11) is 0. The fraction of sp³-hybridized carbons (Fsp3) is 0.667. The van der Waals surface area contributed by atoms with Crippen molar-refractivity contribution in [1.82, 2.24) is 4.98 Å². The summed E-state index contributed by atoms with van der Waals surface area (Å²) >= 11 is 0. The van der Waals surface area contributed by atoms with Crippen LogP contribution in [0, 0.1) is 0 Å². The first-order valence-electron chi connectivity index (χ1n) is 9.20. The van der Waals surface area contributed by atoms with E-state index < -0.39 is 5.97 Å². The van der Waals surface area contributed by atoms with Gasteiger partial charge in [0.15, 0.2) is 12.4 Å². The zero-order chi connectivity index (χ0) is 15.3. The highest BCUT2D eigenvalue weighted by Crippen LogP contribution is 2.73. The van der Waals surface area contributed by atoms with E-state index in [1.807, 2.05) is 6.20 Å². The van der Waals surface area contributed by atoms with E-state index in [9.17, 15) is 9.90 Å². The molecule has 4 fully saturated rings. The van der Waals surface area contributed by atoms with Crippen LogP contribution < -0.4 is 5.32 Å². The second kappa shape index (κ2) is 3.93. The molecule has 1 aromatic heterocycles. The summed E-state index contributed by atoms with van der Waals surface area (Å²) < 4.78 is 0. The Balaban J connectivity index is 1.44. The molecule has 2 bridgehead atoms. The maximum atomic E-state index is 11.6. The van der Waals surface area contributed by atoms with Crippen LogP contribution in [0.1, 0.15) is 78.4 Å².